The number of hydrogen-bond donors (Lipinski definition) is 7. The number of esters is 4. The molecule has 16 bridgehead atoms. The van der Waals surface area contributed by atoms with Crippen LogP contribution >= 0.6 is 0 Å². The van der Waals surface area contributed by atoms with E-state index < -0.39 is 17.8 Å². The zero-order valence-corrected chi connectivity index (χ0v) is 56.8. The number of aromatic amines is 4. The number of aryl methyl sites for hydroxylation is 2. The predicted octanol–water partition coefficient (Wildman–Crippen LogP) is 12.8. The molecule has 4 aromatic rings. The first-order valence-corrected chi connectivity index (χ1v) is 32.8. The van der Waals surface area contributed by atoms with Crippen molar-refractivity contribution in [3.05, 3.63) is 138 Å². The molecule has 4 atom stereocenters. The normalized spacial score (nSPS) is 18.0. The fourth-order valence-electron chi connectivity index (χ4n) is 14.3. The monoisotopic (exact) mass is 1280 g/mol. The molecule has 9 N–H and O–H groups in total. The van der Waals surface area contributed by atoms with Crippen LogP contribution in [0, 0.1) is 13.8 Å². The maximum Gasteiger partial charge on any atom is 0.349 e. The Bertz CT molecular complexity index is 4430. The lowest BCUT2D eigenvalue weighted by Gasteiger charge is -2.27. The summed E-state index contributed by atoms with van der Waals surface area (Å²) in [4.78, 5) is 115. The Morgan fingerprint density at radius 1 is 0.521 bits per heavy atom. The Morgan fingerprint density at radius 3 is 1.28 bits per heavy atom. The van der Waals surface area contributed by atoms with Crippen molar-refractivity contribution in [1.29, 1.82) is 0 Å². The van der Waals surface area contributed by atoms with Gasteiger partial charge in [-0.25, -0.2) is 29.5 Å². The molecule has 4 unspecified atom stereocenters. The molecule has 12 heterocycles. The van der Waals surface area contributed by atoms with E-state index in [1.807, 2.05) is 39.1 Å². The number of nitrogens with two attached hydrogens (primary N) is 2. The lowest BCUT2D eigenvalue weighted by atomic mass is 9.84. The van der Waals surface area contributed by atoms with E-state index in [0.717, 1.165) is 146 Å². The van der Waals surface area contributed by atoms with Gasteiger partial charge in [0.2, 0.25) is 0 Å². The van der Waals surface area contributed by atoms with Gasteiger partial charge in [0.05, 0.1) is 87.5 Å². The van der Waals surface area contributed by atoms with Crippen LogP contribution in [0.15, 0.2) is 36.4 Å². The van der Waals surface area contributed by atoms with E-state index in [4.69, 9.17) is 45.6 Å². The van der Waals surface area contributed by atoms with Gasteiger partial charge in [-0.15, -0.1) is 0 Å². The Kier molecular flexibility index (Phi) is 20.0. The van der Waals surface area contributed by atoms with Crippen molar-refractivity contribution in [2.45, 2.75) is 158 Å². The Hall–Kier alpha value is -9.18. The van der Waals surface area contributed by atoms with E-state index in [9.17, 15) is 28.8 Å². The molecule has 0 radical (unpaired) electrons. The average molecular weight is 1280 g/mol. The number of cyclic esters (lactones) is 2. The number of rotatable bonds is 14. The zero-order chi connectivity index (χ0) is 67.9. The van der Waals surface area contributed by atoms with E-state index in [1.54, 1.807) is 0 Å². The summed E-state index contributed by atoms with van der Waals surface area (Å²) in [5, 5.41) is 2.89. The largest absolute Gasteiger partial charge is 0.469 e. The number of amides is 2. The molecule has 8 aliphatic rings. The smallest absolute Gasteiger partial charge is 0.349 e. The van der Waals surface area contributed by atoms with Crippen molar-refractivity contribution in [2.24, 2.45) is 11.5 Å². The van der Waals surface area contributed by atoms with Crippen LogP contribution in [0.2, 0.25) is 0 Å². The Balaban J connectivity index is 0.000000192. The second-order valence-corrected chi connectivity index (χ2v) is 24.9. The van der Waals surface area contributed by atoms with Gasteiger partial charge in [0.15, 0.2) is 0 Å². The van der Waals surface area contributed by atoms with Gasteiger partial charge >= 0.3 is 23.9 Å². The van der Waals surface area contributed by atoms with E-state index >= 15 is 0 Å². The van der Waals surface area contributed by atoms with Crippen LogP contribution in [0.1, 0.15) is 265 Å². The minimum Gasteiger partial charge on any atom is -0.469 e. The molecule has 8 aliphatic heterocycles. The third kappa shape index (κ3) is 12.1. The topological polar surface area (TPSA) is 312 Å². The number of aromatic nitrogens is 8. The molecule has 0 fully saturated rings. The van der Waals surface area contributed by atoms with Gasteiger partial charge in [-0.1, -0.05) is 41.5 Å². The van der Waals surface area contributed by atoms with Gasteiger partial charge < -0.3 is 50.9 Å². The summed E-state index contributed by atoms with van der Waals surface area (Å²) in [7, 11) is 4.63. The minimum atomic E-state index is -0.725. The van der Waals surface area contributed by atoms with Gasteiger partial charge in [-0.2, -0.15) is 0 Å². The first kappa shape index (κ1) is 67.7. The number of likely N-dealkylation sites (N-methyl/N-ethyl adjacent to an activating group) is 1. The number of ether oxygens (including phenoxy) is 3. The highest BCUT2D eigenvalue weighted by Crippen LogP contribution is 2.47. The fraction of sp³-hybridized carbons (Fsp3) is 0.425. The van der Waals surface area contributed by atoms with E-state index in [2.05, 4.69) is 113 Å². The van der Waals surface area contributed by atoms with Crippen molar-refractivity contribution in [3.63, 3.8) is 0 Å². The number of hydrogen-bond acceptors (Lipinski definition) is 16. The molecule has 0 saturated carbocycles. The van der Waals surface area contributed by atoms with Crippen LogP contribution in [0.5, 0.6) is 0 Å². The van der Waals surface area contributed by atoms with Gasteiger partial charge in [-0.05, 0) is 179 Å². The molecule has 0 saturated heterocycles. The molecule has 12 rings (SSSR count). The second kappa shape index (κ2) is 27.8. The molecule has 2 amide bonds. The number of allylic oxidation sites excluding steroid dienone is 8. The second-order valence-electron chi connectivity index (χ2n) is 24.9. The van der Waals surface area contributed by atoms with E-state index in [0.29, 0.717) is 63.0 Å². The van der Waals surface area contributed by atoms with E-state index in [1.165, 1.54) is 24.7 Å². The first-order valence-electron chi connectivity index (χ1n) is 32.8. The molecule has 0 aliphatic carbocycles. The highest BCUT2D eigenvalue weighted by Gasteiger charge is 2.42. The van der Waals surface area contributed by atoms with Crippen molar-refractivity contribution in [3.8, 4) is 0 Å². The quantitative estimate of drug-likeness (QED) is 0.0267. The number of imide groups is 1. The van der Waals surface area contributed by atoms with Gasteiger partial charge in [-0.3, -0.25) is 24.1 Å². The SMILES string of the molecule is CCC1=C(C)c2cc3[nH]c(c4c5[nH]c(cc6nc(cc1n2)C(C)=C6CC)c(C)c5C(=O)N(CCN)C4=O)C(CCC(=O)OC)C3C.CCC1=C(C)c2cc3[nH]c(c4c5[nH]c(cc6nc(cc1n2)C(C)=C6CC)c(C)c5C(=O)OC4=O)C(CCC(=O)OC)C3C.CNCCN. The van der Waals surface area contributed by atoms with Crippen molar-refractivity contribution < 1.29 is 43.0 Å². The Morgan fingerprint density at radius 2 is 0.894 bits per heavy atom. The number of fused-ring (bicyclic) bond motifs is 16. The summed E-state index contributed by atoms with van der Waals surface area (Å²) in [6.07, 6.45) is 4.46. The summed E-state index contributed by atoms with van der Waals surface area (Å²) < 4.78 is 15.2. The van der Waals surface area contributed by atoms with Gasteiger partial charge in [0, 0.05) is 96.5 Å². The number of H-pyrrole nitrogens is 4. The Labute approximate surface area is 548 Å². The third-order valence-electron chi connectivity index (χ3n) is 19.8. The number of carbonyl (C=O) groups excluding carboxylic acids is 6. The van der Waals surface area contributed by atoms with Crippen LogP contribution < -0.4 is 16.8 Å². The number of methoxy groups -OCH3 is 2. The molecule has 21 heteroatoms. The summed E-state index contributed by atoms with van der Waals surface area (Å²) in [6, 6.07) is 12.2. The maximum atomic E-state index is 14.3. The van der Waals surface area contributed by atoms with Crippen LogP contribution in [0.25, 0.3) is 66.7 Å². The van der Waals surface area contributed by atoms with Crippen molar-refractivity contribution in [1.82, 2.24) is 50.1 Å². The lowest BCUT2D eigenvalue weighted by Crippen LogP contribution is -2.43. The molecular formula is C73H88N12O9. The van der Waals surface area contributed by atoms with Gasteiger partial charge in [0.1, 0.15) is 5.56 Å². The summed E-state index contributed by atoms with van der Waals surface area (Å²) >= 11 is 0. The maximum absolute atomic E-state index is 14.3. The van der Waals surface area contributed by atoms with Crippen molar-refractivity contribution in [2.75, 3.05) is 47.4 Å². The summed E-state index contributed by atoms with van der Waals surface area (Å²) in [5.74, 6) is -3.47. The molecule has 94 heavy (non-hydrogen) atoms. The van der Waals surface area contributed by atoms with Crippen molar-refractivity contribution >= 4 is 102 Å². The minimum absolute atomic E-state index is 0.0800. The third-order valence-corrected chi connectivity index (χ3v) is 19.8. The van der Waals surface area contributed by atoms with Crippen LogP contribution in [0.3, 0.4) is 0 Å². The molecule has 4 aromatic heterocycles. The van der Waals surface area contributed by atoms with Crippen LogP contribution in [0.4, 0.5) is 0 Å². The number of nitrogens with zero attached hydrogens (tertiary/aromatic N) is 5. The number of carbonyl (C=O) groups is 6. The molecule has 494 valence electrons. The predicted molar refractivity (Wildman–Crippen MR) is 367 cm³/mol. The van der Waals surface area contributed by atoms with Crippen LogP contribution in [-0.4, -0.2) is 128 Å². The average Bonchev–Trinajstić information content (AvgIpc) is 1.56. The highest BCUT2D eigenvalue weighted by molar-refractivity contribution is 6.23. The van der Waals surface area contributed by atoms with Gasteiger partial charge in [0.25, 0.3) is 11.8 Å². The highest BCUT2D eigenvalue weighted by atomic mass is 16.6. The molecule has 0 spiro atoms. The summed E-state index contributed by atoms with van der Waals surface area (Å²) in [5.41, 5.74) is 35.0. The van der Waals surface area contributed by atoms with E-state index in [-0.39, 0.29) is 73.0 Å². The lowest BCUT2D eigenvalue weighted by molar-refractivity contribution is -0.141. The number of nitrogens with one attached hydrogen (secondary N) is 5. The fourth-order valence-corrected chi connectivity index (χ4v) is 14.3. The standard InChI is InChI=1S/C36H42N6O4.C34H36N4O5.C3H10N2/c1-8-21-17(3)24-14-26-19(5)23(10-11-30(43)46-7)33(40-26)32-34-31(35(44)42(13-12-37)36(32)45)20(6)27(41-34)16-29-22(9-2)18(4)25(39-29)15-28(21)38-24;1-8-19-15(3)22-12-24-17(5)21(10-11-28(39)42-7)31(37-24)30-32-29(33(40)43-34(30)41)18(6)25(38-32)14-27-20(9-2)16(4)23(36-27)13-26(19)35-22;1-5-3-2-4/h14-16,19,23,40-41H,8-13,37H2,1-7H3;12-14,17,21,37-38H,8-11H2,1-7H3;5H,2-4H2,1H3. The van der Waals surface area contributed by atoms with Crippen LogP contribution in [-0.2, 0) is 23.8 Å². The zero-order valence-electron chi connectivity index (χ0n) is 56.8. The molecular weight excluding hydrogens is 1190 g/mol. The first-order chi connectivity index (χ1) is 45.0. The molecule has 0 aromatic carbocycles. The molecule has 21 nitrogen and oxygen atoms in total. The summed E-state index contributed by atoms with van der Waals surface area (Å²) in [6.45, 7) is 26.6.